The summed E-state index contributed by atoms with van der Waals surface area (Å²) in [6.45, 7) is 5.55. The lowest BCUT2D eigenvalue weighted by atomic mass is 9.84. The molecule has 0 radical (unpaired) electrons. The van der Waals surface area contributed by atoms with Gasteiger partial charge in [-0.25, -0.2) is 9.97 Å². The molecule has 8 heteroatoms. The Balaban J connectivity index is 1.08. The van der Waals surface area contributed by atoms with Crippen molar-refractivity contribution < 1.29 is 9.15 Å². The minimum absolute atomic E-state index is 0.0298. The second kappa shape index (κ2) is 8.17. The Morgan fingerprint density at radius 3 is 2.84 bits per heavy atom. The first-order valence-electron chi connectivity index (χ1n) is 11.9. The van der Waals surface area contributed by atoms with Crippen LogP contribution >= 0.6 is 0 Å². The van der Waals surface area contributed by atoms with Crippen LogP contribution in [-0.2, 0) is 11.3 Å². The third-order valence-corrected chi connectivity index (χ3v) is 7.87. The fourth-order valence-electron chi connectivity index (χ4n) is 6.11. The Bertz CT molecular complexity index is 1060. The summed E-state index contributed by atoms with van der Waals surface area (Å²) in [5.41, 5.74) is 8.51. The second-order valence-corrected chi connectivity index (χ2v) is 9.69. The van der Waals surface area contributed by atoms with Crippen molar-refractivity contribution in [3.05, 3.63) is 42.7 Å². The molecule has 3 aliphatic rings. The fourth-order valence-corrected chi connectivity index (χ4v) is 6.11. The zero-order valence-electron chi connectivity index (χ0n) is 18.5. The maximum atomic E-state index is 6.54. The van der Waals surface area contributed by atoms with E-state index in [0.717, 1.165) is 50.1 Å². The van der Waals surface area contributed by atoms with Gasteiger partial charge >= 0.3 is 0 Å². The lowest BCUT2D eigenvalue weighted by Gasteiger charge is -2.45. The predicted molar refractivity (Wildman–Crippen MR) is 122 cm³/mol. The van der Waals surface area contributed by atoms with Crippen LogP contribution in [0.3, 0.4) is 0 Å². The highest BCUT2D eigenvalue weighted by Gasteiger charge is 2.44. The summed E-state index contributed by atoms with van der Waals surface area (Å²) in [6, 6.07) is 4.07. The van der Waals surface area contributed by atoms with Gasteiger partial charge < -0.3 is 19.5 Å². The minimum atomic E-state index is 0.0298. The SMILES string of the molecule is Nc1ncnc2c1ccn2C1CCC(CN2CCCC23CCN(Cc2ccoc2)CC3)O1. The fraction of sp³-hybridized carbons (Fsp3) is 0.583. The zero-order chi connectivity index (χ0) is 21.5. The molecule has 0 aromatic carbocycles. The molecule has 2 N–H and O–H groups in total. The van der Waals surface area contributed by atoms with Gasteiger partial charge in [0.1, 0.15) is 24.0 Å². The highest BCUT2D eigenvalue weighted by molar-refractivity contribution is 5.86. The summed E-state index contributed by atoms with van der Waals surface area (Å²) >= 11 is 0. The molecule has 3 aliphatic heterocycles. The summed E-state index contributed by atoms with van der Waals surface area (Å²) in [6.07, 6.45) is 14.7. The average molecular weight is 437 g/mol. The molecule has 0 saturated carbocycles. The van der Waals surface area contributed by atoms with E-state index in [9.17, 15) is 0 Å². The van der Waals surface area contributed by atoms with Gasteiger partial charge in [0, 0.05) is 43.5 Å². The molecule has 0 bridgehead atoms. The van der Waals surface area contributed by atoms with Gasteiger partial charge in [-0.05, 0) is 57.2 Å². The Morgan fingerprint density at radius 2 is 2.00 bits per heavy atom. The van der Waals surface area contributed by atoms with E-state index >= 15 is 0 Å². The van der Waals surface area contributed by atoms with Crippen LogP contribution in [0.1, 0.15) is 50.3 Å². The Morgan fingerprint density at radius 1 is 1.09 bits per heavy atom. The van der Waals surface area contributed by atoms with Crippen molar-refractivity contribution in [3.8, 4) is 0 Å². The predicted octanol–water partition coefficient (Wildman–Crippen LogP) is 3.41. The maximum Gasteiger partial charge on any atom is 0.147 e. The van der Waals surface area contributed by atoms with E-state index in [1.807, 2.05) is 18.5 Å². The topological polar surface area (TPSA) is 85.6 Å². The zero-order valence-corrected chi connectivity index (χ0v) is 18.5. The molecule has 1 spiro atoms. The molecule has 3 saturated heterocycles. The molecule has 8 nitrogen and oxygen atoms in total. The van der Waals surface area contributed by atoms with Crippen molar-refractivity contribution in [2.24, 2.45) is 0 Å². The van der Waals surface area contributed by atoms with E-state index in [-0.39, 0.29) is 12.3 Å². The highest BCUT2D eigenvalue weighted by atomic mass is 16.5. The third-order valence-electron chi connectivity index (χ3n) is 7.87. The number of hydrogen-bond donors (Lipinski definition) is 1. The van der Waals surface area contributed by atoms with Gasteiger partial charge in [-0.1, -0.05) is 0 Å². The summed E-state index contributed by atoms with van der Waals surface area (Å²) in [4.78, 5) is 13.9. The van der Waals surface area contributed by atoms with Crippen LogP contribution in [0.2, 0.25) is 0 Å². The molecule has 6 heterocycles. The van der Waals surface area contributed by atoms with E-state index < -0.39 is 0 Å². The number of rotatable bonds is 5. The summed E-state index contributed by atoms with van der Waals surface area (Å²) in [7, 11) is 0. The number of ether oxygens (including phenoxy) is 1. The normalized spacial score (nSPS) is 26.5. The molecular formula is C24H32N6O2. The number of likely N-dealkylation sites (tertiary alicyclic amines) is 2. The standard InChI is InChI=1S/C24H32N6O2/c25-22-20-4-10-30(23(20)27-17-26-22)21-3-2-19(32-21)15-29-9-1-6-24(29)7-11-28(12-8-24)14-18-5-13-31-16-18/h4-5,10,13,16-17,19,21H,1-3,6-9,11-12,14-15H2,(H2,25,26,27). The van der Waals surface area contributed by atoms with Crippen molar-refractivity contribution in [3.63, 3.8) is 0 Å². The summed E-state index contributed by atoms with van der Waals surface area (Å²) in [5, 5.41) is 0.903. The third kappa shape index (κ3) is 3.60. The van der Waals surface area contributed by atoms with Gasteiger partial charge in [0.15, 0.2) is 0 Å². The number of furan rings is 1. The average Bonchev–Trinajstić information content (AvgIpc) is 3.59. The van der Waals surface area contributed by atoms with Crippen LogP contribution in [0.25, 0.3) is 11.0 Å². The van der Waals surface area contributed by atoms with Crippen LogP contribution in [0.15, 0.2) is 41.6 Å². The van der Waals surface area contributed by atoms with Gasteiger partial charge in [-0.15, -0.1) is 0 Å². The number of fused-ring (bicyclic) bond motifs is 1. The minimum Gasteiger partial charge on any atom is -0.472 e. The smallest absolute Gasteiger partial charge is 0.147 e. The van der Waals surface area contributed by atoms with E-state index in [4.69, 9.17) is 14.9 Å². The first kappa shape index (κ1) is 20.2. The van der Waals surface area contributed by atoms with Crippen LogP contribution in [0, 0.1) is 0 Å². The van der Waals surface area contributed by atoms with Crippen molar-refractivity contribution >= 4 is 16.9 Å². The van der Waals surface area contributed by atoms with E-state index in [0.29, 0.717) is 11.4 Å². The quantitative estimate of drug-likeness (QED) is 0.656. The maximum absolute atomic E-state index is 6.54. The van der Waals surface area contributed by atoms with E-state index in [1.54, 1.807) is 6.26 Å². The lowest BCUT2D eigenvalue weighted by molar-refractivity contribution is -0.0340. The number of anilines is 1. The first-order chi connectivity index (χ1) is 15.7. The van der Waals surface area contributed by atoms with Crippen LogP contribution in [-0.4, -0.2) is 62.2 Å². The van der Waals surface area contributed by atoms with Gasteiger partial charge in [-0.3, -0.25) is 9.80 Å². The Kier molecular flexibility index (Phi) is 5.16. The molecule has 32 heavy (non-hydrogen) atoms. The van der Waals surface area contributed by atoms with Crippen molar-refractivity contribution in [1.29, 1.82) is 0 Å². The molecule has 170 valence electrons. The van der Waals surface area contributed by atoms with Gasteiger partial charge in [-0.2, -0.15) is 0 Å². The van der Waals surface area contributed by atoms with Crippen molar-refractivity contribution in [2.75, 3.05) is 31.9 Å². The lowest BCUT2D eigenvalue weighted by Crippen LogP contribution is -2.53. The van der Waals surface area contributed by atoms with Gasteiger partial charge in [0.05, 0.1) is 24.0 Å². The second-order valence-electron chi connectivity index (χ2n) is 9.69. The number of nitrogens with two attached hydrogens (primary N) is 1. The Hall–Kier alpha value is -2.42. The molecule has 2 atom stereocenters. The van der Waals surface area contributed by atoms with Crippen molar-refractivity contribution in [2.45, 2.75) is 62.9 Å². The Labute approximate surface area is 188 Å². The number of hydrogen-bond acceptors (Lipinski definition) is 7. The molecule has 3 fully saturated rings. The summed E-state index contributed by atoms with van der Waals surface area (Å²) < 4.78 is 13.9. The van der Waals surface area contributed by atoms with E-state index in [1.165, 1.54) is 44.1 Å². The number of nitrogens with zero attached hydrogens (tertiary/aromatic N) is 5. The number of nitrogen functional groups attached to an aromatic ring is 1. The molecule has 3 aromatic rings. The number of piperidine rings is 1. The molecule has 0 aliphatic carbocycles. The number of aromatic nitrogens is 3. The van der Waals surface area contributed by atoms with Crippen LogP contribution < -0.4 is 5.73 Å². The largest absolute Gasteiger partial charge is 0.472 e. The van der Waals surface area contributed by atoms with Crippen LogP contribution in [0.4, 0.5) is 5.82 Å². The molecule has 3 aromatic heterocycles. The van der Waals surface area contributed by atoms with Crippen LogP contribution in [0.5, 0.6) is 0 Å². The summed E-state index contributed by atoms with van der Waals surface area (Å²) in [5.74, 6) is 0.529. The molecule has 0 amide bonds. The highest BCUT2D eigenvalue weighted by Crippen LogP contribution is 2.40. The van der Waals surface area contributed by atoms with E-state index in [2.05, 4.69) is 30.4 Å². The van der Waals surface area contributed by atoms with Gasteiger partial charge in [0.2, 0.25) is 0 Å². The molecule has 2 unspecified atom stereocenters. The molecule has 6 rings (SSSR count). The van der Waals surface area contributed by atoms with Crippen molar-refractivity contribution in [1.82, 2.24) is 24.3 Å². The molecular weight excluding hydrogens is 404 g/mol. The van der Waals surface area contributed by atoms with Gasteiger partial charge in [0.25, 0.3) is 0 Å². The monoisotopic (exact) mass is 436 g/mol. The first-order valence-corrected chi connectivity index (χ1v) is 11.9.